The molecule has 0 saturated heterocycles. The molecule has 5 nitrogen and oxygen atoms in total. The monoisotopic (exact) mass is 273 g/mol. The van der Waals surface area contributed by atoms with Crippen LogP contribution in [0.25, 0.3) is 0 Å². The van der Waals surface area contributed by atoms with Gasteiger partial charge in [0.1, 0.15) is 5.75 Å². The molecular weight excluding hydrogens is 254 g/mol. The normalized spacial score (nSPS) is 17.4. The summed E-state index contributed by atoms with van der Waals surface area (Å²) in [5.41, 5.74) is 7.16. The summed E-state index contributed by atoms with van der Waals surface area (Å²) in [7, 11) is 0. The third kappa shape index (κ3) is 2.82. The minimum absolute atomic E-state index is 0.253. The molecule has 1 aromatic carbocycles. The van der Waals surface area contributed by atoms with Crippen LogP contribution < -0.4 is 5.73 Å². The van der Waals surface area contributed by atoms with Crippen LogP contribution in [0.5, 0.6) is 5.75 Å². The van der Waals surface area contributed by atoms with Gasteiger partial charge < -0.3 is 15.4 Å². The summed E-state index contributed by atoms with van der Waals surface area (Å²) in [5.74, 6) is 2.00. The first-order valence-corrected chi connectivity index (χ1v) is 7.09. The molecule has 1 aliphatic rings. The molecule has 1 saturated carbocycles. The van der Waals surface area contributed by atoms with Gasteiger partial charge in [-0.05, 0) is 37.0 Å². The molecule has 1 aromatic heterocycles. The molecule has 0 radical (unpaired) electrons. The molecule has 20 heavy (non-hydrogen) atoms. The maximum Gasteiger partial charge on any atom is 0.243 e. The van der Waals surface area contributed by atoms with Gasteiger partial charge >= 0.3 is 0 Å². The second-order valence-electron chi connectivity index (χ2n) is 5.45. The lowest BCUT2D eigenvalue weighted by atomic mass is 10.1. The highest BCUT2D eigenvalue weighted by atomic mass is 16.5. The van der Waals surface area contributed by atoms with E-state index in [4.69, 9.17) is 10.3 Å². The first kappa shape index (κ1) is 13.1. The molecule has 2 aromatic rings. The Morgan fingerprint density at radius 3 is 2.65 bits per heavy atom. The fourth-order valence-corrected chi connectivity index (χ4v) is 2.72. The highest BCUT2D eigenvalue weighted by Crippen LogP contribution is 2.32. The number of nitrogens with zero attached hydrogens (tertiary/aromatic N) is 2. The van der Waals surface area contributed by atoms with Gasteiger partial charge in [-0.2, -0.15) is 4.98 Å². The van der Waals surface area contributed by atoms with Crippen LogP contribution in [0, 0.1) is 0 Å². The largest absolute Gasteiger partial charge is 0.508 e. The van der Waals surface area contributed by atoms with Crippen molar-refractivity contribution in [3.63, 3.8) is 0 Å². The molecular formula is C15H19N3O2. The summed E-state index contributed by atoms with van der Waals surface area (Å²) in [6.45, 7) is 0. The summed E-state index contributed by atoms with van der Waals surface area (Å²) in [6, 6.07) is 6.70. The standard InChI is InChI=1S/C15H19N3O2/c16-13(9-10-5-7-12(19)8-6-10)15-17-14(18-20-15)11-3-1-2-4-11/h5-8,11,13,19H,1-4,9,16H2/t13-/m0/s1. The Morgan fingerprint density at radius 2 is 1.95 bits per heavy atom. The third-order valence-corrected chi connectivity index (χ3v) is 3.89. The van der Waals surface area contributed by atoms with Gasteiger partial charge in [0, 0.05) is 5.92 Å². The van der Waals surface area contributed by atoms with Crippen molar-refractivity contribution in [2.45, 2.75) is 44.1 Å². The summed E-state index contributed by atoms with van der Waals surface area (Å²) < 4.78 is 5.30. The van der Waals surface area contributed by atoms with E-state index >= 15 is 0 Å². The zero-order chi connectivity index (χ0) is 13.9. The van der Waals surface area contributed by atoms with Crippen LogP contribution in [-0.4, -0.2) is 15.2 Å². The molecule has 0 spiro atoms. The van der Waals surface area contributed by atoms with E-state index in [1.807, 2.05) is 12.1 Å². The minimum atomic E-state index is -0.304. The van der Waals surface area contributed by atoms with Crippen molar-refractivity contribution in [2.75, 3.05) is 0 Å². The van der Waals surface area contributed by atoms with E-state index < -0.39 is 0 Å². The zero-order valence-electron chi connectivity index (χ0n) is 11.3. The van der Waals surface area contributed by atoms with Gasteiger partial charge in [-0.1, -0.05) is 30.1 Å². The van der Waals surface area contributed by atoms with Crippen molar-refractivity contribution < 1.29 is 9.63 Å². The van der Waals surface area contributed by atoms with Crippen LogP contribution in [0.2, 0.25) is 0 Å². The Bertz CT molecular complexity index is 559. The Labute approximate surface area is 117 Å². The maximum absolute atomic E-state index is 9.26. The SMILES string of the molecule is N[C@@H](Cc1ccc(O)cc1)c1nc(C2CCCC2)no1. The lowest BCUT2D eigenvalue weighted by Gasteiger charge is -2.06. The number of aromatic hydroxyl groups is 1. The number of hydrogen-bond acceptors (Lipinski definition) is 5. The van der Waals surface area contributed by atoms with E-state index in [1.54, 1.807) is 12.1 Å². The van der Waals surface area contributed by atoms with E-state index in [9.17, 15) is 5.11 Å². The minimum Gasteiger partial charge on any atom is -0.508 e. The van der Waals surface area contributed by atoms with Crippen molar-refractivity contribution >= 4 is 0 Å². The molecule has 0 bridgehead atoms. The van der Waals surface area contributed by atoms with Crippen molar-refractivity contribution in [3.8, 4) is 5.75 Å². The molecule has 3 rings (SSSR count). The summed E-state index contributed by atoms with van der Waals surface area (Å²) in [4.78, 5) is 4.45. The van der Waals surface area contributed by atoms with E-state index in [0.717, 1.165) is 24.2 Å². The molecule has 1 heterocycles. The molecule has 1 atom stereocenters. The number of benzene rings is 1. The average molecular weight is 273 g/mol. The maximum atomic E-state index is 9.26. The Morgan fingerprint density at radius 1 is 1.25 bits per heavy atom. The third-order valence-electron chi connectivity index (χ3n) is 3.89. The number of hydrogen-bond donors (Lipinski definition) is 2. The smallest absolute Gasteiger partial charge is 0.243 e. The zero-order valence-corrected chi connectivity index (χ0v) is 11.3. The van der Waals surface area contributed by atoms with Gasteiger partial charge in [-0.3, -0.25) is 0 Å². The van der Waals surface area contributed by atoms with Gasteiger partial charge in [-0.25, -0.2) is 0 Å². The highest BCUT2D eigenvalue weighted by Gasteiger charge is 2.24. The summed E-state index contributed by atoms with van der Waals surface area (Å²) in [6.07, 6.45) is 5.40. The first-order chi connectivity index (χ1) is 9.72. The number of nitrogens with two attached hydrogens (primary N) is 1. The molecule has 0 aliphatic heterocycles. The number of aromatic nitrogens is 2. The first-order valence-electron chi connectivity index (χ1n) is 7.09. The van der Waals surface area contributed by atoms with E-state index in [2.05, 4.69) is 10.1 Å². The van der Waals surface area contributed by atoms with Crippen molar-refractivity contribution in [2.24, 2.45) is 5.73 Å². The predicted molar refractivity (Wildman–Crippen MR) is 74.2 cm³/mol. The van der Waals surface area contributed by atoms with Gasteiger partial charge in [0.25, 0.3) is 0 Å². The topological polar surface area (TPSA) is 85.2 Å². The molecule has 0 unspecified atom stereocenters. The number of phenolic OH excluding ortho intramolecular Hbond substituents is 1. The van der Waals surface area contributed by atoms with Gasteiger partial charge in [0.05, 0.1) is 6.04 Å². The Hall–Kier alpha value is -1.88. The second-order valence-corrected chi connectivity index (χ2v) is 5.45. The quantitative estimate of drug-likeness (QED) is 0.894. The molecule has 1 fully saturated rings. The van der Waals surface area contributed by atoms with Gasteiger partial charge in [0.15, 0.2) is 5.82 Å². The van der Waals surface area contributed by atoms with Crippen LogP contribution in [0.15, 0.2) is 28.8 Å². The van der Waals surface area contributed by atoms with Crippen LogP contribution in [0.4, 0.5) is 0 Å². The molecule has 106 valence electrons. The van der Waals surface area contributed by atoms with Crippen LogP contribution in [0.1, 0.15) is 54.9 Å². The fraction of sp³-hybridized carbons (Fsp3) is 0.467. The Kier molecular flexibility index (Phi) is 3.69. The van der Waals surface area contributed by atoms with Gasteiger partial charge in [-0.15, -0.1) is 0 Å². The lowest BCUT2D eigenvalue weighted by molar-refractivity contribution is 0.347. The number of rotatable bonds is 4. The van der Waals surface area contributed by atoms with Crippen LogP contribution >= 0.6 is 0 Å². The second kappa shape index (κ2) is 5.63. The molecule has 1 aliphatic carbocycles. The van der Waals surface area contributed by atoms with Gasteiger partial charge in [0.2, 0.25) is 5.89 Å². The van der Waals surface area contributed by atoms with E-state index in [0.29, 0.717) is 18.2 Å². The van der Waals surface area contributed by atoms with Crippen LogP contribution in [0.3, 0.4) is 0 Å². The van der Waals surface area contributed by atoms with Crippen molar-refractivity contribution in [3.05, 3.63) is 41.5 Å². The van der Waals surface area contributed by atoms with Crippen molar-refractivity contribution in [1.29, 1.82) is 0 Å². The predicted octanol–water partition coefficient (Wildman–Crippen LogP) is 2.68. The van der Waals surface area contributed by atoms with E-state index in [-0.39, 0.29) is 11.8 Å². The number of phenols is 1. The molecule has 0 amide bonds. The Balaban J connectivity index is 1.67. The highest BCUT2D eigenvalue weighted by molar-refractivity contribution is 5.26. The van der Waals surface area contributed by atoms with Crippen LogP contribution in [-0.2, 0) is 6.42 Å². The average Bonchev–Trinajstić information content (AvgIpc) is 3.11. The fourth-order valence-electron chi connectivity index (χ4n) is 2.72. The van der Waals surface area contributed by atoms with Crippen molar-refractivity contribution in [1.82, 2.24) is 10.1 Å². The van der Waals surface area contributed by atoms with E-state index in [1.165, 1.54) is 12.8 Å². The molecule has 5 heteroatoms. The summed E-state index contributed by atoms with van der Waals surface area (Å²) in [5, 5.41) is 13.3. The summed E-state index contributed by atoms with van der Waals surface area (Å²) >= 11 is 0. The molecule has 3 N–H and O–H groups in total. The lowest BCUT2D eigenvalue weighted by Crippen LogP contribution is -2.14.